The summed E-state index contributed by atoms with van der Waals surface area (Å²) in [6.45, 7) is 14.2. The smallest absolute Gasteiger partial charge is 0.259 e. The Bertz CT molecular complexity index is 1030. The minimum absolute atomic E-state index is 0. The maximum atomic E-state index is 14.0. The fourth-order valence-corrected chi connectivity index (χ4v) is 4.02. The molecule has 0 aliphatic rings. The summed E-state index contributed by atoms with van der Waals surface area (Å²) in [5.41, 5.74) is 4.56. The van der Waals surface area contributed by atoms with Gasteiger partial charge in [-0.2, -0.15) is 0 Å². The highest BCUT2D eigenvalue weighted by Crippen LogP contribution is 2.29. The lowest BCUT2D eigenvalue weighted by Crippen LogP contribution is -2.39. The van der Waals surface area contributed by atoms with E-state index < -0.39 is 0 Å². The Kier molecular flexibility index (Phi) is 9.48. The summed E-state index contributed by atoms with van der Waals surface area (Å²) in [5, 5.41) is 0.843. The van der Waals surface area contributed by atoms with Gasteiger partial charge in [-0.1, -0.05) is 50.2 Å². The number of ether oxygens (including phenoxy) is 1. The number of rotatable bonds is 9. The van der Waals surface area contributed by atoms with Gasteiger partial charge in [0.25, 0.3) is 5.91 Å². The largest absolute Gasteiger partial charge is 0.478 e. The van der Waals surface area contributed by atoms with Gasteiger partial charge in [-0.05, 0) is 51.1 Å². The number of carbonyl (C=O) groups is 1. The molecule has 32 heavy (non-hydrogen) atoms. The first-order valence-electron chi connectivity index (χ1n) is 11.1. The van der Waals surface area contributed by atoms with Crippen molar-refractivity contribution in [3.8, 4) is 5.88 Å². The van der Waals surface area contributed by atoms with Crippen LogP contribution >= 0.6 is 12.4 Å². The van der Waals surface area contributed by atoms with E-state index in [2.05, 4.69) is 49.7 Å². The molecule has 0 saturated heterocycles. The zero-order valence-corrected chi connectivity index (χ0v) is 20.5. The molecule has 2 aromatic carbocycles. The van der Waals surface area contributed by atoms with Gasteiger partial charge in [0.05, 0.1) is 17.7 Å². The van der Waals surface area contributed by atoms with Gasteiger partial charge in [-0.25, -0.2) is 4.98 Å². The molecule has 0 fully saturated rings. The molecule has 0 N–H and O–H groups in total. The quantitative estimate of drug-likeness (QED) is 0.417. The second-order valence-electron chi connectivity index (χ2n) is 7.68. The number of hydrogen-bond acceptors (Lipinski definition) is 4. The minimum atomic E-state index is -0.0240. The highest BCUT2D eigenvalue weighted by molar-refractivity contribution is 6.14. The predicted octanol–water partition coefficient (Wildman–Crippen LogP) is 5.66. The number of benzene rings is 2. The van der Waals surface area contributed by atoms with Crippen molar-refractivity contribution in [3.63, 3.8) is 0 Å². The number of aromatic nitrogens is 1. The fourth-order valence-electron chi connectivity index (χ4n) is 4.02. The number of halogens is 1. The van der Waals surface area contributed by atoms with Gasteiger partial charge in [-0.15, -0.1) is 12.4 Å². The number of nitrogens with zero attached hydrogens (tertiary/aromatic N) is 3. The molecule has 172 valence electrons. The third kappa shape index (κ3) is 5.59. The van der Waals surface area contributed by atoms with Crippen LogP contribution < -0.4 is 9.64 Å². The van der Waals surface area contributed by atoms with Crippen molar-refractivity contribution in [2.75, 3.05) is 37.7 Å². The van der Waals surface area contributed by atoms with Crippen LogP contribution in [0.25, 0.3) is 10.9 Å². The number of hydrogen-bond donors (Lipinski definition) is 0. The summed E-state index contributed by atoms with van der Waals surface area (Å²) in [5.74, 6) is 0.457. The van der Waals surface area contributed by atoms with Crippen LogP contribution in [-0.2, 0) is 0 Å². The standard InChI is InChI=1S/C26H33N3O2.ClH/c1-6-28(7-2)16-17-29(25-19(4)12-11-13-20(25)5)26(30)22-18-24(31-8-3)27-23-15-10-9-14-21(22)23;/h9-15,18H,6-8,16-17H2,1-5H3;1H. The molecule has 0 aliphatic carbocycles. The van der Waals surface area contributed by atoms with Crippen LogP contribution in [0.5, 0.6) is 5.88 Å². The molecule has 0 aliphatic heterocycles. The molecule has 1 aromatic heterocycles. The number of para-hydroxylation sites is 2. The molecule has 0 spiro atoms. The average molecular weight is 456 g/mol. The van der Waals surface area contributed by atoms with Crippen molar-refractivity contribution < 1.29 is 9.53 Å². The molecule has 5 nitrogen and oxygen atoms in total. The normalized spacial score (nSPS) is 10.8. The van der Waals surface area contributed by atoms with Gasteiger partial charge < -0.3 is 14.5 Å². The minimum Gasteiger partial charge on any atom is -0.478 e. The topological polar surface area (TPSA) is 45.7 Å². The van der Waals surface area contributed by atoms with Crippen LogP contribution in [0.4, 0.5) is 5.69 Å². The maximum absolute atomic E-state index is 14.0. The Labute approximate surface area is 197 Å². The van der Waals surface area contributed by atoms with E-state index in [-0.39, 0.29) is 18.3 Å². The molecule has 1 heterocycles. The number of pyridine rings is 1. The van der Waals surface area contributed by atoms with Crippen molar-refractivity contribution >= 4 is 34.9 Å². The number of anilines is 1. The Morgan fingerprint density at radius 2 is 1.59 bits per heavy atom. The molecular formula is C26H34ClN3O2. The zero-order chi connectivity index (χ0) is 22.4. The van der Waals surface area contributed by atoms with E-state index in [1.807, 2.05) is 42.2 Å². The Hall–Kier alpha value is -2.63. The number of aryl methyl sites for hydroxylation is 2. The molecule has 0 atom stereocenters. The van der Waals surface area contributed by atoms with E-state index in [9.17, 15) is 4.79 Å². The highest BCUT2D eigenvalue weighted by atomic mass is 35.5. The Balaban J connectivity index is 0.00000363. The summed E-state index contributed by atoms with van der Waals surface area (Å²) in [4.78, 5) is 22.9. The van der Waals surface area contributed by atoms with E-state index in [1.54, 1.807) is 6.07 Å². The number of carbonyl (C=O) groups excluding carboxylic acids is 1. The molecule has 3 rings (SSSR count). The van der Waals surface area contributed by atoms with E-state index in [0.29, 0.717) is 24.6 Å². The Morgan fingerprint density at radius 3 is 2.22 bits per heavy atom. The van der Waals surface area contributed by atoms with Crippen LogP contribution in [0.15, 0.2) is 48.5 Å². The van der Waals surface area contributed by atoms with Crippen LogP contribution in [-0.4, -0.2) is 48.6 Å². The lowest BCUT2D eigenvalue weighted by atomic mass is 10.0. The van der Waals surface area contributed by atoms with Gasteiger partial charge in [-0.3, -0.25) is 4.79 Å². The number of amides is 1. The average Bonchev–Trinajstić information content (AvgIpc) is 2.77. The SMILES string of the molecule is CCOc1cc(C(=O)N(CCN(CC)CC)c2c(C)cccc2C)c2ccccc2n1.Cl. The van der Waals surface area contributed by atoms with Crippen LogP contribution in [0.2, 0.25) is 0 Å². The lowest BCUT2D eigenvalue weighted by molar-refractivity contribution is 0.0984. The monoisotopic (exact) mass is 455 g/mol. The number of fused-ring (bicyclic) bond motifs is 1. The van der Waals surface area contributed by atoms with Gasteiger partial charge >= 0.3 is 0 Å². The molecule has 0 radical (unpaired) electrons. The summed E-state index contributed by atoms with van der Waals surface area (Å²) >= 11 is 0. The molecule has 0 unspecified atom stereocenters. The van der Waals surface area contributed by atoms with Gasteiger partial charge in [0, 0.05) is 30.2 Å². The molecule has 3 aromatic rings. The number of likely N-dealkylation sites (N-methyl/N-ethyl adjacent to an activating group) is 1. The van der Waals surface area contributed by atoms with Crippen molar-refractivity contribution in [2.24, 2.45) is 0 Å². The first-order valence-corrected chi connectivity index (χ1v) is 11.1. The molecule has 0 bridgehead atoms. The van der Waals surface area contributed by atoms with E-state index in [0.717, 1.165) is 47.4 Å². The second kappa shape index (κ2) is 11.8. The van der Waals surface area contributed by atoms with Crippen molar-refractivity contribution in [1.29, 1.82) is 0 Å². The van der Waals surface area contributed by atoms with Crippen LogP contribution in [0.1, 0.15) is 42.3 Å². The lowest BCUT2D eigenvalue weighted by Gasteiger charge is -2.29. The van der Waals surface area contributed by atoms with Gasteiger partial charge in [0.15, 0.2) is 0 Å². The molecule has 6 heteroatoms. The third-order valence-electron chi connectivity index (χ3n) is 5.70. The van der Waals surface area contributed by atoms with Crippen LogP contribution in [0.3, 0.4) is 0 Å². The molecular weight excluding hydrogens is 422 g/mol. The van der Waals surface area contributed by atoms with Gasteiger partial charge in [0.1, 0.15) is 0 Å². The summed E-state index contributed by atoms with van der Waals surface area (Å²) in [6.07, 6.45) is 0. The predicted molar refractivity (Wildman–Crippen MR) is 136 cm³/mol. The van der Waals surface area contributed by atoms with E-state index >= 15 is 0 Å². The van der Waals surface area contributed by atoms with Crippen molar-refractivity contribution in [2.45, 2.75) is 34.6 Å². The van der Waals surface area contributed by atoms with Crippen molar-refractivity contribution in [1.82, 2.24) is 9.88 Å². The van der Waals surface area contributed by atoms with Gasteiger partial charge in [0.2, 0.25) is 5.88 Å². The maximum Gasteiger partial charge on any atom is 0.259 e. The van der Waals surface area contributed by atoms with Crippen molar-refractivity contribution in [3.05, 3.63) is 65.2 Å². The molecule has 0 saturated carbocycles. The van der Waals surface area contributed by atoms with Crippen LogP contribution in [0, 0.1) is 13.8 Å². The molecule has 1 amide bonds. The van der Waals surface area contributed by atoms with E-state index in [1.165, 1.54) is 0 Å². The van der Waals surface area contributed by atoms with E-state index in [4.69, 9.17) is 4.74 Å². The zero-order valence-electron chi connectivity index (χ0n) is 19.7. The first kappa shape index (κ1) is 25.6. The summed E-state index contributed by atoms with van der Waals surface area (Å²) in [7, 11) is 0. The summed E-state index contributed by atoms with van der Waals surface area (Å²) < 4.78 is 5.68. The summed E-state index contributed by atoms with van der Waals surface area (Å²) in [6, 6.07) is 15.7. The first-order chi connectivity index (χ1) is 15.0. The second-order valence-corrected chi connectivity index (χ2v) is 7.68. The fraction of sp³-hybridized carbons (Fsp3) is 0.385. The Morgan fingerprint density at radius 1 is 0.938 bits per heavy atom. The third-order valence-corrected chi connectivity index (χ3v) is 5.70. The highest BCUT2D eigenvalue weighted by Gasteiger charge is 2.24.